The second-order valence-corrected chi connectivity index (χ2v) is 5.01. The molecule has 4 aromatic rings. The molecule has 0 spiro atoms. The molecule has 4 rings (SSSR count). The summed E-state index contributed by atoms with van der Waals surface area (Å²) in [6, 6.07) is 14.0. The Bertz CT molecular complexity index is 961. The van der Waals surface area contributed by atoms with Crippen LogP contribution in [0.3, 0.4) is 0 Å². The van der Waals surface area contributed by atoms with E-state index in [2.05, 4.69) is 32.4 Å². The molecule has 0 saturated heterocycles. The Labute approximate surface area is 127 Å². The third-order valence-corrected chi connectivity index (χ3v) is 3.66. The predicted molar refractivity (Wildman–Crippen MR) is 87.7 cm³/mol. The number of aromatic nitrogens is 3. The van der Waals surface area contributed by atoms with Crippen molar-refractivity contribution in [3.63, 3.8) is 0 Å². The molecule has 0 unspecified atom stereocenters. The quantitative estimate of drug-likeness (QED) is 0.601. The number of rotatable bonds is 3. The van der Waals surface area contributed by atoms with Crippen LogP contribution in [0.5, 0.6) is 5.75 Å². The van der Waals surface area contributed by atoms with E-state index in [0.717, 1.165) is 33.7 Å². The summed E-state index contributed by atoms with van der Waals surface area (Å²) in [7, 11) is 1.65. The molecule has 0 aliphatic carbocycles. The number of anilines is 2. The molecule has 2 aromatic heterocycles. The van der Waals surface area contributed by atoms with Gasteiger partial charge >= 0.3 is 0 Å². The second kappa shape index (κ2) is 5.04. The largest absolute Gasteiger partial charge is 0.497 e. The van der Waals surface area contributed by atoms with Crippen molar-refractivity contribution in [1.82, 2.24) is 15.0 Å². The lowest BCUT2D eigenvalue weighted by atomic mass is 10.2. The van der Waals surface area contributed by atoms with Gasteiger partial charge in [-0.3, -0.25) is 0 Å². The van der Waals surface area contributed by atoms with E-state index in [1.807, 2.05) is 36.5 Å². The third-order valence-electron chi connectivity index (χ3n) is 3.66. The molecule has 2 heterocycles. The third kappa shape index (κ3) is 2.13. The highest BCUT2D eigenvalue weighted by molar-refractivity contribution is 5.92. The molecular formula is C17H14N4O. The summed E-state index contributed by atoms with van der Waals surface area (Å²) in [4.78, 5) is 11.9. The Morgan fingerprint density at radius 3 is 2.91 bits per heavy atom. The van der Waals surface area contributed by atoms with Gasteiger partial charge in [-0.1, -0.05) is 6.07 Å². The molecule has 0 saturated carbocycles. The lowest BCUT2D eigenvalue weighted by molar-refractivity contribution is 0.415. The van der Waals surface area contributed by atoms with Gasteiger partial charge in [0.15, 0.2) is 0 Å². The van der Waals surface area contributed by atoms with Gasteiger partial charge in [0.1, 0.15) is 17.9 Å². The van der Waals surface area contributed by atoms with E-state index in [0.29, 0.717) is 0 Å². The molecule has 0 atom stereocenters. The molecule has 0 radical (unpaired) electrons. The first-order chi connectivity index (χ1) is 10.8. The summed E-state index contributed by atoms with van der Waals surface area (Å²) >= 11 is 0. The van der Waals surface area contributed by atoms with Gasteiger partial charge in [0.05, 0.1) is 12.6 Å². The predicted octanol–water partition coefficient (Wildman–Crippen LogP) is 3.86. The number of nitrogens with zero attached hydrogens (tertiary/aromatic N) is 2. The maximum absolute atomic E-state index is 5.23. The molecule has 0 fully saturated rings. The van der Waals surface area contributed by atoms with Gasteiger partial charge in [-0.05, 0) is 35.7 Å². The molecule has 5 nitrogen and oxygen atoms in total. The number of fused-ring (bicyclic) bond motifs is 2. The summed E-state index contributed by atoms with van der Waals surface area (Å²) < 4.78 is 5.23. The lowest BCUT2D eigenvalue weighted by Crippen LogP contribution is -1.96. The number of nitrogens with one attached hydrogen (secondary N) is 2. The zero-order valence-electron chi connectivity index (χ0n) is 12.0. The van der Waals surface area contributed by atoms with Crippen LogP contribution >= 0.6 is 0 Å². The van der Waals surface area contributed by atoms with Gasteiger partial charge < -0.3 is 15.0 Å². The molecular weight excluding hydrogens is 276 g/mol. The number of hydrogen-bond acceptors (Lipinski definition) is 4. The van der Waals surface area contributed by atoms with Crippen molar-refractivity contribution in [3.8, 4) is 5.75 Å². The summed E-state index contributed by atoms with van der Waals surface area (Å²) in [6.45, 7) is 0. The highest BCUT2D eigenvalue weighted by Gasteiger charge is 2.06. The smallest absolute Gasteiger partial charge is 0.141 e. The second-order valence-electron chi connectivity index (χ2n) is 5.01. The molecule has 108 valence electrons. The van der Waals surface area contributed by atoms with Gasteiger partial charge in [0.25, 0.3) is 0 Å². The van der Waals surface area contributed by atoms with Crippen LogP contribution in [0, 0.1) is 0 Å². The van der Waals surface area contributed by atoms with E-state index < -0.39 is 0 Å². The summed E-state index contributed by atoms with van der Waals surface area (Å²) in [5, 5.41) is 5.49. The topological polar surface area (TPSA) is 62.8 Å². The summed E-state index contributed by atoms with van der Waals surface area (Å²) in [5.74, 6) is 1.56. The maximum atomic E-state index is 5.23. The van der Waals surface area contributed by atoms with Crippen LogP contribution in [0.1, 0.15) is 0 Å². The minimum atomic E-state index is 0.776. The van der Waals surface area contributed by atoms with Crippen molar-refractivity contribution in [3.05, 3.63) is 55.0 Å². The van der Waals surface area contributed by atoms with Crippen LogP contribution in [0.15, 0.2) is 55.0 Å². The number of H-pyrrole nitrogens is 1. The van der Waals surface area contributed by atoms with Crippen molar-refractivity contribution in [2.24, 2.45) is 0 Å². The SMILES string of the molecule is COc1ccc2c(Nc3ccc4cc[nH]c4c3)ncnc2c1. The number of aromatic amines is 1. The van der Waals surface area contributed by atoms with Gasteiger partial charge in [0, 0.05) is 28.9 Å². The highest BCUT2D eigenvalue weighted by atomic mass is 16.5. The van der Waals surface area contributed by atoms with Crippen LogP contribution in [-0.4, -0.2) is 22.1 Å². The fourth-order valence-corrected chi connectivity index (χ4v) is 2.53. The molecule has 0 bridgehead atoms. The minimum absolute atomic E-state index is 0.776. The zero-order valence-corrected chi connectivity index (χ0v) is 12.0. The van der Waals surface area contributed by atoms with Gasteiger partial charge in [0.2, 0.25) is 0 Å². The summed E-state index contributed by atoms with van der Waals surface area (Å²) in [6.07, 6.45) is 3.48. The average Bonchev–Trinajstić information content (AvgIpc) is 3.02. The van der Waals surface area contributed by atoms with E-state index in [1.54, 1.807) is 13.4 Å². The normalized spacial score (nSPS) is 11.0. The molecule has 0 aliphatic rings. The summed E-state index contributed by atoms with van der Waals surface area (Å²) in [5.41, 5.74) is 2.91. The van der Waals surface area contributed by atoms with Gasteiger partial charge in [-0.15, -0.1) is 0 Å². The molecule has 22 heavy (non-hydrogen) atoms. The first kappa shape index (κ1) is 12.6. The molecule has 0 amide bonds. The fourth-order valence-electron chi connectivity index (χ4n) is 2.53. The number of ether oxygens (including phenoxy) is 1. The Morgan fingerprint density at radius 1 is 1.05 bits per heavy atom. The van der Waals surface area contributed by atoms with E-state index in [-0.39, 0.29) is 0 Å². The zero-order chi connectivity index (χ0) is 14.9. The highest BCUT2D eigenvalue weighted by Crippen LogP contribution is 2.27. The Balaban J connectivity index is 1.76. The number of hydrogen-bond donors (Lipinski definition) is 2. The van der Waals surface area contributed by atoms with Crippen molar-refractivity contribution >= 4 is 33.3 Å². The van der Waals surface area contributed by atoms with Gasteiger partial charge in [-0.2, -0.15) is 0 Å². The van der Waals surface area contributed by atoms with Crippen LogP contribution in [0.4, 0.5) is 11.5 Å². The first-order valence-electron chi connectivity index (χ1n) is 6.96. The average molecular weight is 290 g/mol. The van der Waals surface area contributed by atoms with Crippen molar-refractivity contribution in [1.29, 1.82) is 0 Å². The van der Waals surface area contributed by atoms with E-state index in [1.165, 1.54) is 5.39 Å². The van der Waals surface area contributed by atoms with Crippen LogP contribution in [0.2, 0.25) is 0 Å². The lowest BCUT2D eigenvalue weighted by Gasteiger charge is -2.09. The van der Waals surface area contributed by atoms with Crippen LogP contribution < -0.4 is 10.1 Å². The molecule has 2 aromatic carbocycles. The Hall–Kier alpha value is -3.08. The maximum Gasteiger partial charge on any atom is 0.141 e. The molecule has 5 heteroatoms. The van der Waals surface area contributed by atoms with Crippen molar-refractivity contribution in [2.45, 2.75) is 0 Å². The van der Waals surface area contributed by atoms with Crippen molar-refractivity contribution < 1.29 is 4.74 Å². The molecule has 0 aliphatic heterocycles. The number of methoxy groups -OCH3 is 1. The minimum Gasteiger partial charge on any atom is -0.497 e. The van der Waals surface area contributed by atoms with Crippen molar-refractivity contribution in [2.75, 3.05) is 12.4 Å². The van der Waals surface area contributed by atoms with Crippen LogP contribution in [-0.2, 0) is 0 Å². The standard InChI is InChI=1S/C17H14N4O/c1-22-13-4-5-14-16(9-13)19-10-20-17(14)21-12-3-2-11-6-7-18-15(11)8-12/h2-10,18H,1H3,(H,19,20,21). The Kier molecular flexibility index (Phi) is 2.89. The van der Waals surface area contributed by atoms with E-state index >= 15 is 0 Å². The first-order valence-corrected chi connectivity index (χ1v) is 6.96. The number of benzene rings is 2. The fraction of sp³-hybridized carbons (Fsp3) is 0.0588. The van der Waals surface area contributed by atoms with Gasteiger partial charge in [-0.25, -0.2) is 9.97 Å². The monoisotopic (exact) mass is 290 g/mol. The van der Waals surface area contributed by atoms with E-state index in [4.69, 9.17) is 4.74 Å². The Morgan fingerprint density at radius 2 is 2.00 bits per heavy atom. The van der Waals surface area contributed by atoms with Crippen LogP contribution in [0.25, 0.3) is 21.8 Å². The van der Waals surface area contributed by atoms with E-state index in [9.17, 15) is 0 Å². The molecule has 2 N–H and O–H groups in total.